The fourth-order valence-corrected chi connectivity index (χ4v) is 4.05. The Hall–Kier alpha value is -2.28. The van der Waals surface area contributed by atoms with Crippen molar-refractivity contribution >= 4 is 5.82 Å². The second-order valence-electron chi connectivity index (χ2n) is 7.57. The number of aromatic nitrogens is 4. The van der Waals surface area contributed by atoms with Crippen LogP contribution in [0.1, 0.15) is 54.0 Å². The minimum atomic E-state index is -0.117. The second-order valence-corrected chi connectivity index (χ2v) is 7.57. The van der Waals surface area contributed by atoms with Crippen molar-refractivity contribution in [1.29, 1.82) is 0 Å². The number of nitrogens with zero attached hydrogens (tertiary/aromatic N) is 4. The minimum Gasteiger partial charge on any atom is -0.377 e. The smallest absolute Gasteiger partial charge is 0.267 e. The van der Waals surface area contributed by atoms with E-state index in [-0.39, 0.29) is 17.6 Å². The molecule has 2 fully saturated rings. The van der Waals surface area contributed by atoms with Gasteiger partial charge in [-0.05, 0) is 45.1 Å². The van der Waals surface area contributed by atoms with Crippen LogP contribution in [0, 0.1) is 6.92 Å². The number of aryl methyl sites for hydroxylation is 2. The maximum Gasteiger partial charge on any atom is 0.267 e. The van der Waals surface area contributed by atoms with Gasteiger partial charge in [-0.2, -0.15) is 5.10 Å². The summed E-state index contributed by atoms with van der Waals surface area (Å²) >= 11 is 0. The lowest BCUT2D eigenvalue weighted by Crippen LogP contribution is -2.38. The van der Waals surface area contributed by atoms with E-state index < -0.39 is 0 Å². The molecule has 136 valence electrons. The van der Waals surface area contributed by atoms with Gasteiger partial charge in [0.15, 0.2) is 0 Å². The van der Waals surface area contributed by atoms with Gasteiger partial charge >= 0.3 is 0 Å². The Morgan fingerprint density at radius 3 is 2.92 bits per heavy atom. The molecule has 1 N–H and O–H groups in total. The molecule has 1 aliphatic heterocycles. The van der Waals surface area contributed by atoms with Gasteiger partial charge in [-0.3, -0.25) is 4.79 Å². The van der Waals surface area contributed by atoms with Gasteiger partial charge in [0.2, 0.25) is 0 Å². The fraction of sp³-hybridized carbons (Fsp3) is 0.579. The highest BCUT2D eigenvalue weighted by Gasteiger charge is 2.34. The summed E-state index contributed by atoms with van der Waals surface area (Å²) in [6.07, 6.45) is 5.48. The fourth-order valence-electron chi connectivity index (χ4n) is 4.05. The molecule has 0 amide bonds. The summed E-state index contributed by atoms with van der Waals surface area (Å²) in [5, 5.41) is 8.20. The molecule has 0 aromatic carbocycles. The van der Waals surface area contributed by atoms with Crippen LogP contribution in [0.4, 0.5) is 5.82 Å². The highest BCUT2D eigenvalue weighted by atomic mass is 16.5. The van der Waals surface area contributed by atoms with E-state index in [1.54, 1.807) is 10.7 Å². The maximum atomic E-state index is 12.4. The zero-order chi connectivity index (χ0) is 17.7. The summed E-state index contributed by atoms with van der Waals surface area (Å²) in [6.45, 7) is 2.97. The lowest BCUT2D eigenvalue weighted by Gasteiger charge is -2.22. The molecular weight excluding hydrogens is 330 g/mol. The molecule has 26 heavy (non-hydrogen) atoms. The first-order chi connectivity index (χ1) is 12.7. The van der Waals surface area contributed by atoms with E-state index in [0.29, 0.717) is 19.1 Å². The molecule has 2 aromatic heterocycles. The molecule has 5 rings (SSSR count). The quantitative estimate of drug-likeness (QED) is 0.902. The number of ether oxygens (including phenoxy) is 1. The van der Waals surface area contributed by atoms with E-state index in [1.807, 2.05) is 13.0 Å². The van der Waals surface area contributed by atoms with Crippen molar-refractivity contribution < 1.29 is 4.74 Å². The zero-order valence-electron chi connectivity index (χ0n) is 14.9. The Morgan fingerprint density at radius 2 is 2.08 bits per heavy atom. The molecule has 2 unspecified atom stereocenters. The summed E-state index contributed by atoms with van der Waals surface area (Å²) in [5.41, 5.74) is 3.32. The summed E-state index contributed by atoms with van der Waals surface area (Å²) in [5.74, 6) is 2.20. The van der Waals surface area contributed by atoms with Crippen molar-refractivity contribution in [2.24, 2.45) is 0 Å². The Labute approximate surface area is 151 Å². The molecular formula is C19H23N5O2. The van der Waals surface area contributed by atoms with Crippen molar-refractivity contribution in [3.8, 4) is 0 Å². The molecule has 1 saturated carbocycles. The average molecular weight is 353 g/mol. The molecule has 2 aliphatic carbocycles. The maximum absolute atomic E-state index is 12.4. The number of anilines is 1. The van der Waals surface area contributed by atoms with E-state index >= 15 is 0 Å². The molecule has 7 nitrogen and oxygen atoms in total. The lowest BCUT2D eigenvalue weighted by atomic mass is 10.1. The highest BCUT2D eigenvalue weighted by molar-refractivity contribution is 5.49. The molecule has 2 atom stereocenters. The van der Waals surface area contributed by atoms with Crippen molar-refractivity contribution in [3.05, 3.63) is 45.3 Å². The van der Waals surface area contributed by atoms with E-state index in [1.165, 1.54) is 18.4 Å². The van der Waals surface area contributed by atoms with Gasteiger partial charge in [-0.25, -0.2) is 14.6 Å². The van der Waals surface area contributed by atoms with Gasteiger partial charge in [-0.1, -0.05) is 0 Å². The van der Waals surface area contributed by atoms with Gasteiger partial charge in [-0.15, -0.1) is 0 Å². The Kier molecular flexibility index (Phi) is 3.77. The molecule has 7 heteroatoms. The predicted molar refractivity (Wildman–Crippen MR) is 96.5 cm³/mol. The van der Waals surface area contributed by atoms with Crippen LogP contribution in [0.2, 0.25) is 0 Å². The monoisotopic (exact) mass is 353 g/mol. The van der Waals surface area contributed by atoms with Gasteiger partial charge in [0.1, 0.15) is 17.7 Å². The Bertz CT molecular complexity index is 905. The molecule has 3 heterocycles. The molecule has 2 aromatic rings. The van der Waals surface area contributed by atoms with Crippen LogP contribution in [0.15, 0.2) is 16.9 Å². The van der Waals surface area contributed by atoms with Gasteiger partial charge in [0, 0.05) is 23.2 Å². The van der Waals surface area contributed by atoms with Crippen LogP contribution in [0.5, 0.6) is 0 Å². The minimum absolute atomic E-state index is 0.0198. The van der Waals surface area contributed by atoms with Crippen LogP contribution in [0.3, 0.4) is 0 Å². The van der Waals surface area contributed by atoms with Crippen LogP contribution in [-0.4, -0.2) is 39.0 Å². The SMILES string of the molecule is Cc1nc2c(c(NC3COCC3n3nc(C4CC4)ccc3=O)n1)CCC2. The third-order valence-electron chi connectivity index (χ3n) is 5.57. The largest absolute Gasteiger partial charge is 0.377 e. The molecule has 1 saturated heterocycles. The third kappa shape index (κ3) is 2.80. The van der Waals surface area contributed by atoms with Crippen molar-refractivity contribution in [1.82, 2.24) is 19.7 Å². The van der Waals surface area contributed by atoms with E-state index in [2.05, 4.69) is 20.4 Å². The number of hydrogen-bond acceptors (Lipinski definition) is 6. The van der Waals surface area contributed by atoms with E-state index in [4.69, 9.17) is 4.74 Å². The van der Waals surface area contributed by atoms with Crippen LogP contribution in [0.25, 0.3) is 0 Å². The van der Waals surface area contributed by atoms with Gasteiger partial charge in [0.05, 0.1) is 24.9 Å². The first-order valence-corrected chi connectivity index (χ1v) is 9.49. The first kappa shape index (κ1) is 15.9. The van der Waals surface area contributed by atoms with Crippen molar-refractivity contribution in [3.63, 3.8) is 0 Å². The Balaban J connectivity index is 1.45. The summed E-state index contributed by atoms with van der Waals surface area (Å²) in [6, 6.07) is 3.38. The standard InChI is InChI=1S/C19H23N5O2/c1-11-20-15-4-2-3-13(15)19(21-11)22-16-9-26-10-17(16)24-18(25)8-7-14(23-24)12-5-6-12/h7-8,12,16-17H,2-6,9-10H2,1H3,(H,20,21,22). The van der Waals surface area contributed by atoms with Crippen molar-refractivity contribution in [2.75, 3.05) is 18.5 Å². The summed E-state index contributed by atoms with van der Waals surface area (Å²) in [4.78, 5) is 21.6. The molecule has 0 radical (unpaired) electrons. The summed E-state index contributed by atoms with van der Waals surface area (Å²) in [7, 11) is 0. The Morgan fingerprint density at radius 1 is 1.19 bits per heavy atom. The van der Waals surface area contributed by atoms with Crippen LogP contribution >= 0.6 is 0 Å². The topological polar surface area (TPSA) is 81.9 Å². The van der Waals surface area contributed by atoms with Crippen LogP contribution < -0.4 is 10.9 Å². The van der Waals surface area contributed by atoms with E-state index in [0.717, 1.165) is 42.3 Å². The van der Waals surface area contributed by atoms with Crippen molar-refractivity contribution in [2.45, 2.75) is 57.0 Å². The summed E-state index contributed by atoms with van der Waals surface area (Å²) < 4.78 is 7.33. The number of fused-ring (bicyclic) bond motifs is 1. The second kappa shape index (κ2) is 6.16. The van der Waals surface area contributed by atoms with Gasteiger partial charge < -0.3 is 10.1 Å². The van der Waals surface area contributed by atoms with E-state index in [9.17, 15) is 4.79 Å². The number of rotatable bonds is 4. The van der Waals surface area contributed by atoms with Crippen LogP contribution in [-0.2, 0) is 17.6 Å². The molecule has 0 bridgehead atoms. The molecule has 0 spiro atoms. The first-order valence-electron chi connectivity index (χ1n) is 9.49. The third-order valence-corrected chi connectivity index (χ3v) is 5.57. The number of hydrogen-bond donors (Lipinski definition) is 1. The lowest BCUT2D eigenvalue weighted by molar-refractivity contribution is 0.182. The predicted octanol–water partition coefficient (Wildman–Crippen LogP) is 1.76. The zero-order valence-corrected chi connectivity index (χ0v) is 14.9. The average Bonchev–Trinajstić information content (AvgIpc) is 3.19. The van der Waals surface area contributed by atoms with Gasteiger partial charge in [0.25, 0.3) is 5.56 Å². The highest BCUT2D eigenvalue weighted by Crippen LogP contribution is 2.38. The molecule has 3 aliphatic rings. The normalized spacial score (nSPS) is 24.7. The number of nitrogens with one attached hydrogen (secondary N) is 1.